The molecule has 0 bridgehead atoms. The van der Waals surface area contributed by atoms with Crippen molar-refractivity contribution in [3.8, 4) is 11.1 Å². The van der Waals surface area contributed by atoms with Crippen LogP contribution in [0.25, 0.3) is 17.2 Å². The topological polar surface area (TPSA) is 0 Å². The van der Waals surface area contributed by atoms with Crippen molar-refractivity contribution in [2.24, 2.45) is 0 Å². The summed E-state index contributed by atoms with van der Waals surface area (Å²) < 4.78 is 14.8. The molecule has 0 spiro atoms. The molecule has 0 fully saturated rings. The fourth-order valence-electron chi connectivity index (χ4n) is 3.53. The van der Waals surface area contributed by atoms with E-state index in [0.717, 1.165) is 17.5 Å². The van der Waals surface area contributed by atoms with Crippen molar-refractivity contribution < 1.29 is 55.0 Å². The largest absolute Gasteiger partial charge is 1.00 e. The maximum absolute atomic E-state index is 14.8. The van der Waals surface area contributed by atoms with Gasteiger partial charge in [0.15, 0.2) is 0 Å². The minimum atomic E-state index is -0.168. The van der Waals surface area contributed by atoms with Gasteiger partial charge in [0, 0.05) is 31.4 Å². The molecule has 0 aromatic heterocycles. The number of allylic oxidation sites excluding steroid dienone is 3. The quantitative estimate of drug-likeness (QED) is 0.315. The maximum Gasteiger partial charge on any atom is 0.131 e. The summed E-state index contributed by atoms with van der Waals surface area (Å²) in [7, 11) is 0. The smallest absolute Gasteiger partial charge is 0.131 e. The van der Waals surface area contributed by atoms with Crippen molar-refractivity contribution in [1.82, 2.24) is 0 Å². The zero-order valence-electron chi connectivity index (χ0n) is 15.5. The number of fused-ring (bicyclic) bond motifs is 1. The third-order valence-corrected chi connectivity index (χ3v) is 4.89. The van der Waals surface area contributed by atoms with Gasteiger partial charge in [0.1, 0.15) is 5.82 Å². The summed E-state index contributed by atoms with van der Waals surface area (Å²) in [4.78, 5) is 0. The van der Waals surface area contributed by atoms with E-state index >= 15 is 0 Å². The van der Waals surface area contributed by atoms with Crippen LogP contribution in [0.2, 0.25) is 0 Å². The minimum Gasteiger partial charge on any atom is -1.00 e. The molecule has 0 saturated carbocycles. The molecule has 144 valence electrons. The van der Waals surface area contributed by atoms with Crippen molar-refractivity contribution >= 4 is 6.08 Å². The first kappa shape index (κ1) is 24.7. The second-order valence-corrected chi connectivity index (χ2v) is 6.45. The zero-order chi connectivity index (χ0) is 17.2. The first-order chi connectivity index (χ1) is 12.3. The molecular formula is C24H20Cl2FHf-3. The van der Waals surface area contributed by atoms with Crippen LogP contribution in [-0.4, -0.2) is 0 Å². The van der Waals surface area contributed by atoms with Crippen LogP contribution in [0, 0.1) is 5.82 Å². The molecule has 4 heteroatoms. The van der Waals surface area contributed by atoms with Crippen LogP contribution in [0.4, 0.5) is 4.39 Å². The van der Waals surface area contributed by atoms with Gasteiger partial charge in [0.25, 0.3) is 0 Å². The molecule has 0 heterocycles. The Morgan fingerprint density at radius 1 is 0.964 bits per heavy atom. The zero-order valence-corrected chi connectivity index (χ0v) is 20.6. The normalized spacial score (nSPS) is 14.1. The van der Waals surface area contributed by atoms with Crippen LogP contribution in [0.5, 0.6) is 0 Å². The number of halogens is 3. The molecule has 1 atom stereocenters. The van der Waals surface area contributed by atoms with E-state index in [0.29, 0.717) is 5.56 Å². The molecule has 1 aliphatic rings. The maximum atomic E-state index is 14.8. The summed E-state index contributed by atoms with van der Waals surface area (Å²) in [6.07, 6.45) is 9.42. The second kappa shape index (κ2) is 11.0. The SMILES string of the molecule is CCc1cc2c([cH-]1)C=CC=CC2c1ccc(-c2ccccc2)c(F)c1.[Cl-].[Cl-].[Hf]. The molecule has 0 radical (unpaired) electrons. The Balaban J connectivity index is 0.00000131. The predicted octanol–water partition coefficient (Wildman–Crippen LogP) is 0.494. The van der Waals surface area contributed by atoms with Crippen LogP contribution in [-0.2, 0) is 32.3 Å². The van der Waals surface area contributed by atoms with E-state index in [-0.39, 0.29) is 62.4 Å². The van der Waals surface area contributed by atoms with E-state index in [1.165, 1.54) is 16.7 Å². The summed E-state index contributed by atoms with van der Waals surface area (Å²) in [5.74, 6) is -0.0808. The average Bonchev–Trinajstić information content (AvgIpc) is 2.95. The van der Waals surface area contributed by atoms with Crippen LogP contribution in [0.1, 0.15) is 35.1 Å². The van der Waals surface area contributed by atoms with Crippen LogP contribution in [0.15, 0.2) is 78.9 Å². The van der Waals surface area contributed by atoms with Gasteiger partial charge in [-0.25, -0.2) is 4.39 Å². The Kier molecular flexibility index (Phi) is 9.69. The molecule has 1 aliphatic carbocycles. The molecule has 3 aromatic carbocycles. The van der Waals surface area contributed by atoms with E-state index in [2.05, 4.69) is 43.4 Å². The third-order valence-electron chi connectivity index (χ3n) is 4.89. The molecule has 0 aliphatic heterocycles. The van der Waals surface area contributed by atoms with Gasteiger partial charge in [-0.15, -0.1) is 23.8 Å². The standard InChI is InChI=1S/C24H20F.2ClH.Hf/c1-2-17-14-19-10-6-7-11-21(23(19)15-17)20-12-13-22(24(25)16-20)18-8-4-3-5-9-18;;;/h3-16,21H,2H2,1H3;2*1H;/q-1;;;/p-2. The number of rotatable bonds is 3. The van der Waals surface area contributed by atoms with E-state index in [1.807, 2.05) is 42.5 Å². The molecule has 0 nitrogen and oxygen atoms in total. The van der Waals surface area contributed by atoms with Crippen molar-refractivity contribution in [1.29, 1.82) is 0 Å². The van der Waals surface area contributed by atoms with Crippen molar-refractivity contribution in [2.45, 2.75) is 19.3 Å². The Morgan fingerprint density at radius 2 is 1.71 bits per heavy atom. The predicted molar refractivity (Wildman–Crippen MR) is 103 cm³/mol. The van der Waals surface area contributed by atoms with Crippen molar-refractivity contribution in [3.05, 3.63) is 107 Å². The third kappa shape index (κ3) is 4.97. The summed E-state index contributed by atoms with van der Waals surface area (Å²) in [5.41, 5.74) is 6.38. The molecule has 3 aromatic rings. The Morgan fingerprint density at radius 3 is 2.39 bits per heavy atom. The minimum absolute atomic E-state index is 0. The molecule has 28 heavy (non-hydrogen) atoms. The van der Waals surface area contributed by atoms with Gasteiger partial charge >= 0.3 is 0 Å². The fraction of sp³-hybridized carbons (Fsp3) is 0.125. The van der Waals surface area contributed by atoms with Crippen molar-refractivity contribution in [2.75, 3.05) is 0 Å². The van der Waals surface area contributed by atoms with Crippen LogP contribution >= 0.6 is 0 Å². The number of hydrogen-bond donors (Lipinski definition) is 0. The first-order valence-corrected chi connectivity index (χ1v) is 8.75. The Labute approximate surface area is 197 Å². The number of hydrogen-bond acceptors (Lipinski definition) is 0. The van der Waals surface area contributed by atoms with Gasteiger partial charge in [0.05, 0.1) is 0 Å². The molecule has 0 saturated heterocycles. The van der Waals surface area contributed by atoms with E-state index in [4.69, 9.17) is 0 Å². The Bertz CT molecular complexity index is 958. The molecular weight excluding hydrogens is 557 g/mol. The van der Waals surface area contributed by atoms with E-state index in [1.54, 1.807) is 6.07 Å². The summed E-state index contributed by atoms with van der Waals surface area (Å²) in [6.45, 7) is 2.16. The Hall–Kier alpha value is -1.35. The van der Waals surface area contributed by atoms with Gasteiger partial charge in [-0.05, 0) is 29.5 Å². The molecule has 4 rings (SSSR count). The van der Waals surface area contributed by atoms with Gasteiger partial charge < -0.3 is 24.8 Å². The summed E-state index contributed by atoms with van der Waals surface area (Å²) >= 11 is 0. The van der Waals surface area contributed by atoms with Gasteiger partial charge in [-0.2, -0.15) is 17.2 Å². The number of benzene rings is 2. The average molecular weight is 577 g/mol. The van der Waals surface area contributed by atoms with Gasteiger partial charge in [-0.1, -0.05) is 61.5 Å². The van der Waals surface area contributed by atoms with Gasteiger partial charge in [-0.3, -0.25) is 0 Å². The number of aryl methyl sites for hydroxylation is 1. The fourth-order valence-corrected chi connectivity index (χ4v) is 3.53. The first-order valence-electron chi connectivity index (χ1n) is 8.75. The second-order valence-electron chi connectivity index (χ2n) is 6.45. The van der Waals surface area contributed by atoms with E-state index in [9.17, 15) is 4.39 Å². The van der Waals surface area contributed by atoms with Crippen molar-refractivity contribution in [3.63, 3.8) is 0 Å². The molecule has 1 unspecified atom stereocenters. The molecule has 0 amide bonds. The van der Waals surface area contributed by atoms with Gasteiger partial charge in [0.2, 0.25) is 0 Å². The monoisotopic (exact) mass is 577 g/mol. The van der Waals surface area contributed by atoms with Crippen LogP contribution in [0.3, 0.4) is 0 Å². The summed E-state index contributed by atoms with van der Waals surface area (Å²) in [6, 6.07) is 19.8. The van der Waals surface area contributed by atoms with E-state index < -0.39 is 0 Å². The molecule has 0 N–H and O–H groups in total. The summed E-state index contributed by atoms with van der Waals surface area (Å²) in [5, 5.41) is 0. The van der Waals surface area contributed by atoms with Crippen LogP contribution < -0.4 is 24.8 Å².